The number of fused-ring (bicyclic) bond motifs is 3. The first-order valence-electron chi connectivity index (χ1n) is 8.62. The van der Waals surface area contributed by atoms with E-state index in [0.717, 1.165) is 27.2 Å². The number of ether oxygens (including phenoxy) is 1. The van der Waals surface area contributed by atoms with E-state index >= 15 is 0 Å². The summed E-state index contributed by atoms with van der Waals surface area (Å²) in [6, 6.07) is 16.4. The largest absolute Gasteiger partial charge is 0.494 e. The average Bonchev–Trinajstić information content (AvgIpc) is 2.68. The molecule has 0 radical (unpaired) electrons. The molecule has 0 spiro atoms. The molecule has 7 heteroatoms. The van der Waals surface area contributed by atoms with Crippen LogP contribution in [-0.2, 0) is 10.0 Å². The lowest BCUT2D eigenvalue weighted by atomic mass is 9.90. The molecule has 144 valence electrons. The van der Waals surface area contributed by atoms with Crippen molar-refractivity contribution < 1.29 is 17.5 Å². The first kappa shape index (κ1) is 19.0. The Labute approximate surface area is 171 Å². The second kappa shape index (κ2) is 6.90. The molecular weight excluding hydrogens is 445 g/mol. The van der Waals surface area contributed by atoms with Crippen molar-refractivity contribution in [1.29, 1.82) is 0 Å². The van der Waals surface area contributed by atoms with Crippen molar-refractivity contribution in [2.45, 2.75) is 17.9 Å². The monoisotopic (exact) mass is 461 g/mol. The van der Waals surface area contributed by atoms with Crippen molar-refractivity contribution in [2.24, 2.45) is 0 Å². The van der Waals surface area contributed by atoms with E-state index < -0.39 is 21.9 Å². The molecule has 1 unspecified atom stereocenters. The Morgan fingerprint density at radius 2 is 1.82 bits per heavy atom. The quantitative estimate of drug-likeness (QED) is 0.514. The molecule has 1 aliphatic rings. The highest BCUT2D eigenvalue weighted by Crippen LogP contribution is 2.49. The third kappa shape index (κ3) is 2.81. The minimum absolute atomic E-state index is 0.000803. The highest BCUT2D eigenvalue weighted by atomic mass is 79.9. The molecular formula is C21H17BrFNO3S. The lowest BCUT2D eigenvalue weighted by Gasteiger charge is -2.37. The molecule has 3 aromatic rings. The van der Waals surface area contributed by atoms with Gasteiger partial charge in [0.1, 0.15) is 0 Å². The van der Waals surface area contributed by atoms with E-state index in [1.165, 1.54) is 23.5 Å². The number of rotatable bonds is 3. The molecule has 1 heterocycles. The third-order valence-corrected chi connectivity index (χ3v) is 7.48. The summed E-state index contributed by atoms with van der Waals surface area (Å²) in [5, 5.41) is 0. The smallest absolute Gasteiger partial charge is 0.265 e. The first-order chi connectivity index (χ1) is 13.4. The Morgan fingerprint density at radius 1 is 1.07 bits per heavy atom. The molecule has 0 N–H and O–H groups in total. The van der Waals surface area contributed by atoms with Gasteiger partial charge >= 0.3 is 0 Å². The minimum atomic E-state index is -4.01. The van der Waals surface area contributed by atoms with E-state index in [1.807, 2.05) is 37.3 Å². The molecule has 1 aliphatic heterocycles. The van der Waals surface area contributed by atoms with Gasteiger partial charge in [0, 0.05) is 10.0 Å². The summed E-state index contributed by atoms with van der Waals surface area (Å²) in [7, 11) is -2.68. The summed E-state index contributed by atoms with van der Waals surface area (Å²) >= 11 is 3.55. The van der Waals surface area contributed by atoms with Crippen LogP contribution in [0.5, 0.6) is 5.75 Å². The molecule has 3 aromatic carbocycles. The summed E-state index contributed by atoms with van der Waals surface area (Å²) in [4.78, 5) is -0.122. The molecule has 0 saturated heterocycles. The fraction of sp³-hybridized carbons (Fsp3) is 0.143. The third-order valence-electron chi connectivity index (χ3n) is 4.94. The number of methoxy groups -OCH3 is 1. The SMILES string of the molecule is COc1ccc(S(=O)(=O)N2c3cccc(Br)c3-c3ccccc3C2C)cc1F. The molecule has 0 fully saturated rings. The van der Waals surface area contributed by atoms with Crippen molar-refractivity contribution in [1.82, 2.24) is 0 Å². The molecule has 0 bridgehead atoms. The highest BCUT2D eigenvalue weighted by molar-refractivity contribution is 9.10. The second-order valence-electron chi connectivity index (χ2n) is 6.49. The Balaban J connectivity index is 1.95. The van der Waals surface area contributed by atoms with Crippen LogP contribution in [0.4, 0.5) is 10.1 Å². The number of benzene rings is 3. The topological polar surface area (TPSA) is 46.6 Å². The summed E-state index contributed by atoms with van der Waals surface area (Å²) in [5.41, 5.74) is 3.22. The molecule has 0 amide bonds. The van der Waals surface area contributed by atoms with Crippen LogP contribution >= 0.6 is 15.9 Å². The lowest BCUT2D eigenvalue weighted by Crippen LogP contribution is -2.36. The molecule has 1 atom stereocenters. The van der Waals surface area contributed by atoms with Crippen LogP contribution in [0.1, 0.15) is 18.5 Å². The maximum atomic E-state index is 14.2. The number of hydrogen-bond donors (Lipinski definition) is 0. The Morgan fingerprint density at radius 3 is 2.54 bits per heavy atom. The molecule has 0 saturated carbocycles. The van der Waals surface area contributed by atoms with E-state index in [-0.39, 0.29) is 10.6 Å². The van der Waals surface area contributed by atoms with Gasteiger partial charge in [0.15, 0.2) is 11.6 Å². The van der Waals surface area contributed by atoms with Gasteiger partial charge in [-0.3, -0.25) is 4.31 Å². The van der Waals surface area contributed by atoms with Gasteiger partial charge in [-0.2, -0.15) is 0 Å². The Kier molecular flexibility index (Phi) is 4.67. The molecule has 4 nitrogen and oxygen atoms in total. The summed E-state index contributed by atoms with van der Waals surface area (Å²) in [6.45, 7) is 1.83. The van der Waals surface area contributed by atoms with Gasteiger partial charge in [0.05, 0.1) is 23.7 Å². The van der Waals surface area contributed by atoms with Crippen molar-refractivity contribution >= 4 is 31.6 Å². The summed E-state index contributed by atoms with van der Waals surface area (Å²) < 4.78 is 48.4. The van der Waals surface area contributed by atoms with Crippen LogP contribution in [0.2, 0.25) is 0 Å². The second-order valence-corrected chi connectivity index (χ2v) is 9.16. The number of halogens is 2. The molecule has 0 aliphatic carbocycles. The number of hydrogen-bond acceptors (Lipinski definition) is 3. The zero-order valence-corrected chi connectivity index (χ0v) is 17.6. The summed E-state index contributed by atoms with van der Waals surface area (Å²) in [5.74, 6) is -0.720. The fourth-order valence-corrected chi connectivity index (χ4v) is 5.88. The maximum Gasteiger partial charge on any atom is 0.265 e. The van der Waals surface area contributed by atoms with Crippen LogP contribution in [0.15, 0.2) is 70.0 Å². The predicted octanol–water partition coefficient (Wildman–Crippen LogP) is 5.53. The van der Waals surface area contributed by atoms with Crippen LogP contribution in [-0.4, -0.2) is 15.5 Å². The summed E-state index contributed by atoms with van der Waals surface area (Å²) in [6.07, 6.45) is 0. The van der Waals surface area contributed by atoms with Gasteiger partial charge in [0.2, 0.25) is 0 Å². The zero-order valence-electron chi connectivity index (χ0n) is 15.2. The number of anilines is 1. The van der Waals surface area contributed by atoms with Crippen LogP contribution < -0.4 is 9.04 Å². The highest BCUT2D eigenvalue weighted by Gasteiger charge is 2.37. The van der Waals surface area contributed by atoms with Crippen molar-refractivity contribution in [2.75, 3.05) is 11.4 Å². The predicted molar refractivity (Wildman–Crippen MR) is 111 cm³/mol. The van der Waals surface area contributed by atoms with Crippen molar-refractivity contribution in [3.05, 3.63) is 76.5 Å². The lowest BCUT2D eigenvalue weighted by molar-refractivity contribution is 0.385. The van der Waals surface area contributed by atoms with E-state index in [1.54, 1.807) is 12.1 Å². The van der Waals surface area contributed by atoms with E-state index in [4.69, 9.17) is 4.74 Å². The van der Waals surface area contributed by atoms with E-state index in [9.17, 15) is 12.8 Å². The van der Waals surface area contributed by atoms with Gasteiger partial charge in [0.25, 0.3) is 10.0 Å². The van der Waals surface area contributed by atoms with Crippen LogP contribution in [0, 0.1) is 5.82 Å². The maximum absolute atomic E-state index is 14.2. The van der Waals surface area contributed by atoms with Gasteiger partial charge in [-0.15, -0.1) is 0 Å². The van der Waals surface area contributed by atoms with Crippen molar-refractivity contribution in [3.8, 4) is 16.9 Å². The molecule has 4 rings (SSSR count). The van der Waals surface area contributed by atoms with Gasteiger partial charge in [-0.05, 0) is 48.4 Å². The normalized spacial score (nSPS) is 15.7. The molecule has 0 aromatic heterocycles. The minimum Gasteiger partial charge on any atom is -0.494 e. The van der Waals surface area contributed by atoms with Crippen LogP contribution in [0.3, 0.4) is 0 Å². The average molecular weight is 462 g/mol. The number of nitrogens with zero attached hydrogens (tertiary/aromatic N) is 1. The van der Waals surface area contributed by atoms with Crippen molar-refractivity contribution in [3.63, 3.8) is 0 Å². The van der Waals surface area contributed by atoms with E-state index in [0.29, 0.717) is 5.69 Å². The standard InChI is InChI=1S/C21H17BrFNO3S/c1-13-15-6-3-4-7-16(15)21-17(22)8-5-9-19(21)24(13)28(25,26)14-10-11-20(27-2)18(23)12-14/h3-13H,1-2H3. The van der Waals surface area contributed by atoms with Gasteiger partial charge < -0.3 is 4.74 Å². The first-order valence-corrected chi connectivity index (χ1v) is 10.9. The van der Waals surface area contributed by atoms with Gasteiger partial charge in [-0.1, -0.05) is 46.3 Å². The van der Waals surface area contributed by atoms with Crippen LogP contribution in [0.25, 0.3) is 11.1 Å². The zero-order chi connectivity index (χ0) is 20.1. The van der Waals surface area contributed by atoms with E-state index in [2.05, 4.69) is 15.9 Å². The fourth-order valence-electron chi connectivity index (χ4n) is 3.65. The Bertz CT molecular complexity index is 1180. The van der Waals surface area contributed by atoms with Gasteiger partial charge in [-0.25, -0.2) is 12.8 Å². The number of sulfonamides is 1. The molecule has 28 heavy (non-hydrogen) atoms. The Hall–Kier alpha value is -2.38.